The van der Waals surface area contributed by atoms with Crippen LogP contribution in [-0.2, 0) is 4.79 Å². The highest BCUT2D eigenvalue weighted by Crippen LogP contribution is 2.08. The van der Waals surface area contributed by atoms with Gasteiger partial charge in [0, 0.05) is 0 Å². The van der Waals surface area contributed by atoms with E-state index in [2.05, 4.69) is 0 Å². The van der Waals surface area contributed by atoms with Gasteiger partial charge in [-0.15, -0.1) is 0 Å². The fourth-order valence-corrected chi connectivity index (χ4v) is 0.641. The van der Waals surface area contributed by atoms with Crippen LogP contribution in [-0.4, -0.2) is 24.7 Å². The van der Waals surface area contributed by atoms with Crippen molar-refractivity contribution in [2.24, 2.45) is 11.5 Å². The lowest BCUT2D eigenvalue weighted by atomic mass is 9.97. The summed E-state index contributed by atoms with van der Waals surface area (Å²) in [7, 11) is 0. The highest BCUT2D eigenvalue weighted by atomic mass is 19.1. The van der Waals surface area contributed by atoms with Gasteiger partial charge in [-0.1, -0.05) is 0 Å². The Morgan fingerprint density at radius 2 is 2.18 bits per heavy atom. The standard InChI is InChI=1S/C6H13FN2O2/c7-4-6(9,5(10)11)2-1-3-8/h1-4,8-9H2,(H,10,11)/p-1. The smallest absolute Gasteiger partial charge is 0.113 e. The highest BCUT2D eigenvalue weighted by Gasteiger charge is 2.25. The molecule has 0 aliphatic carbocycles. The van der Waals surface area contributed by atoms with Crippen molar-refractivity contribution in [1.29, 1.82) is 0 Å². The van der Waals surface area contributed by atoms with Crippen LogP contribution in [0.5, 0.6) is 0 Å². The zero-order valence-corrected chi connectivity index (χ0v) is 6.18. The first-order valence-electron chi connectivity index (χ1n) is 3.33. The number of halogens is 1. The maximum Gasteiger partial charge on any atom is 0.113 e. The summed E-state index contributed by atoms with van der Waals surface area (Å²) in [5.41, 5.74) is 8.38. The lowest BCUT2D eigenvalue weighted by Crippen LogP contribution is -2.57. The summed E-state index contributed by atoms with van der Waals surface area (Å²) in [6.07, 6.45) is 0.400. The van der Waals surface area contributed by atoms with Crippen LogP contribution in [0.25, 0.3) is 0 Å². The van der Waals surface area contributed by atoms with E-state index < -0.39 is 18.2 Å². The third-order valence-electron chi connectivity index (χ3n) is 1.47. The first kappa shape index (κ1) is 10.3. The molecule has 0 saturated carbocycles. The molecule has 0 amide bonds. The van der Waals surface area contributed by atoms with E-state index in [1.165, 1.54) is 0 Å². The summed E-state index contributed by atoms with van der Waals surface area (Å²) in [5, 5.41) is 10.2. The Labute approximate surface area is 64.4 Å². The van der Waals surface area contributed by atoms with Crippen molar-refractivity contribution in [3.8, 4) is 0 Å². The topological polar surface area (TPSA) is 92.2 Å². The number of nitrogens with two attached hydrogens (primary N) is 2. The van der Waals surface area contributed by atoms with Crippen molar-refractivity contribution in [1.82, 2.24) is 0 Å². The molecule has 0 spiro atoms. The molecule has 0 fully saturated rings. The van der Waals surface area contributed by atoms with Crippen molar-refractivity contribution in [2.45, 2.75) is 18.4 Å². The molecule has 0 bridgehead atoms. The number of alkyl halides is 1. The molecule has 0 heterocycles. The van der Waals surface area contributed by atoms with E-state index in [0.717, 1.165) is 0 Å². The van der Waals surface area contributed by atoms with E-state index in [1.54, 1.807) is 0 Å². The Balaban J connectivity index is 3.99. The average molecular weight is 163 g/mol. The van der Waals surface area contributed by atoms with Gasteiger partial charge in [0.15, 0.2) is 0 Å². The summed E-state index contributed by atoms with van der Waals surface area (Å²) in [6.45, 7) is -0.818. The van der Waals surface area contributed by atoms with E-state index in [0.29, 0.717) is 13.0 Å². The number of aliphatic carboxylic acids is 1. The second kappa shape index (κ2) is 4.25. The van der Waals surface area contributed by atoms with Gasteiger partial charge < -0.3 is 21.4 Å². The minimum atomic E-state index is -1.85. The normalized spacial score (nSPS) is 15.9. The van der Waals surface area contributed by atoms with Crippen LogP contribution in [0, 0.1) is 0 Å². The van der Waals surface area contributed by atoms with Gasteiger partial charge >= 0.3 is 0 Å². The molecule has 0 aliphatic rings. The summed E-state index contributed by atoms with van der Waals surface area (Å²) < 4.78 is 12.0. The predicted molar refractivity (Wildman–Crippen MR) is 36.2 cm³/mol. The largest absolute Gasteiger partial charge is 0.548 e. The average Bonchev–Trinajstić information content (AvgIpc) is 2.00. The van der Waals surface area contributed by atoms with Crippen LogP contribution in [0.4, 0.5) is 4.39 Å². The lowest BCUT2D eigenvalue weighted by molar-refractivity contribution is -0.313. The van der Waals surface area contributed by atoms with Crippen molar-refractivity contribution >= 4 is 5.97 Å². The van der Waals surface area contributed by atoms with Crippen molar-refractivity contribution in [3.05, 3.63) is 0 Å². The minimum absolute atomic E-state index is 0.0162. The van der Waals surface area contributed by atoms with Gasteiger partial charge in [-0.05, 0) is 19.4 Å². The third-order valence-corrected chi connectivity index (χ3v) is 1.47. The van der Waals surface area contributed by atoms with Crippen LogP contribution in [0.3, 0.4) is 0 Å². The molecular weight excluding hydrogens is 151 g/mol. The Hall–Kier alpha value is -0.680. The molecule has 1 unspecified atom stereocenters. The van der Waals surface area contributed by atoms with Crippen molar-refractivity contribution in [2.75, 3.05) is 13.2 Å². The minimum Gasteiger partial charge on any atom is -0.548 e. The van der Waals surface area contributed by atoms with Gasteiger partial charge in [-0.3, -0.25) is 0 Å². The van der Waals surface area contributed by atoms with Crippen molar-refractivity contribution in [3.63, 3.8) is 0 Å². The summed E-state index contributed by atoms with van der Waals surface area (Å²) in [5.74, 6) is -1.56. The number of carboxylic acid groups (broad SMARTS) is 1. The lowest BCUT2D eigenvalue weighted by Gasteiger charge is -2.26. The highest BCUT2D eigenvalue weighted by molar-refractivity contribution is 5.76. The van der Waals surface area contributed by atoms with Gasteiger partial charge in [0.2, 0.25) is 0 Å². The van der Waals surface area contributed by atoms with Crippen LogP contribution >= 0.6 is 0 Å². The van der Waals surface area contributed by atoms with Crippen molar-refractivity contribution < 1.29 is 14.3 Å². The molecule has 0 aromatic heterocycles. The second-order valence-electron chi connectivity index (χ2n) is 2.47. The van der Waals surface area contributed by atoms with Gasteiger partial charge in [0.1, 0.15) is 6.67 Å². The van der Waals surface area contributed by atoms with Gasteiger partial charge in [-0.25, -0.2) is 4.39 Å². The number of carboxylic acids is 1. The molecule has 0 aromatic carbocycles. The Bertz CT molecular complexity index is 143. The second-order valence-corrected chi connectivity index (χ2v) is 2.47. The number of carbonyl (C=O) groups excluding carboxylic acids is 1. The van der Waals surface area contributed by atoms with E-state index in [9.17, 15) is 14.3 Å². The van der Waals surface area contributed by atoms with Crippen LogP contribution in [0.15, 0.2) is 0 Å². The van der Waals surface area contributed by atoms with E-state index in [4.69, 9.17) is 11.5 Å². The molecular formula is C6H12FN2O2-. The van der Waals surface area contributed by atoms with Crippen LogP contribution < -0.4 is 16.6 Å². The van der Waals surface area contributed by atoms with Gasteiger partial charge in [0.05, 0.1) is 11.5 Å². The monoisotopic (exact) mass is 163 g/mol. The Morgan fingerprint density at radius 3 is 2.45 bits per heavy atom. The summed E-state index contributed by atoms with van der Waals surface area (Å²) in [6, 6.07) is 0. The molecule has 11 heavy (non-hydrogen) atoms. The molecule has 0 radical (unpaired) electrons. The zero-order valence-electron chi connectivity index (χ0n) is 6.18. The Kier molecular flexibility index (Phi) is 3.99. The SMILES string of the molecule is NCCCC(N)(CF)C(=O)[O-]. The van der Waals surface area contributed by atoms with E-state index >= 15 is 0 Å². The third kappa shape index (κ3) is 2.81. The molecule has 0 aromatic rings. The molecule has 0 aliphatic heterocycles. The first-order valence-corrected chi connectivity index (χ1v) is 3.33. The quantitative estimate of drug-likeness (QED) is 0.497. The fraction of sp³-hybridized carbons (Fsp3) is 0.833. The predicted octanol–water partition coefficient (Wildman–Crippen LogP) is -1.86. The van der Waals surface area contributed by atoms with Gasteiger partial charge in [0.25, 0.3) is 0 Å². The number of hydrogen-bond acceptors (Lipinski definition) is 4. The summed E-state index contributed by atoms with van der Waals surface area (Å²) >= 11 is 0. The molecule has 5 heteroatoms. The maximum absolute atomic E-state index is 12.0. The molecule has 0 rings (SSSR count). The number of carbonyl (C=O) groups is 1. The molecule has 1 atom stereocenters. The number of hydrogen-bond donors (Lipinski definition) is 2. The maximum atomic E-state index is 12.0. The fourth-order valence-electron chi connectivity index (χ4n) is 0.641. The summed E-state index contributed by atoms with van der Waals surface area (Å²) in [4.78, 5) is 10.2. The molecule has 0 saturated heterocycles. The van der Waals surface area contributed by atoms with Gasteiger partial charge in [-0.2, -0.15) is 0 Å². The first-order chi connectivity index (χ1) is 5.06. The van der Waals surface area contributed by atoms with E-state index in [-0.39, 0.29) is 6.42 Å². The molecule has 4 nitrogen and oxygen atoms in total. The zero-order chi connectivity index (χ0) is 8.91. The Morgan fingerprint density at radius 1 is 1.64 bits per heavy atom. The number of rotatable bonds is 5. The molecule has 4 N–H and O–H groups in total. The van der Waals surface area contributed by atoms with Crippen LogP contribution in [0.1, 0.15) is 12.8 Å². The van der Waals surface area contributed by atoms with E-state index in [1.807, 2.05) is 0 Å². The molecule has 66 valence electrons. The van der Waals surface area contributed by atoms with Crippen LogP contribution in [0.2, 0.25) is 0 Å².